The third-order valence-corrected chi connectivity index (χ3v) is 1.83. The molecule has 0 bridgehead atoms. The molecule has 6 heteroatoms. The van der Waals surface area contributed by atoms with E-state index >= 15 is 0 Å². The van der Waals surface area contributed by atoms with Gasteiger partial charge in [0.15, 0.2) is 0 Å². The first kappa shape index (κ1) is 8.49. The Morgan fingerprint density at radius 2 is 2.43 bits per heavy atom. The Hall–Kier alpha value is -2.11. The number of nitrogens with zero attached hydrogens (tertiary/aromatic N) is 3. The van der Waals surface area contributed by atoms with Crippen molar-refractivity contribution in [3.63, 3.8) is 0 Å². The van der Waals surface area contributed by atoms with Crippen molar-refractivity contribution in [2.45, 2.75) is 6.54 Å². The van der Waals surface area contributed by atoms with Crippen LogP contribution in [0.5, 0.6) is 0 Å². The number of fused-ring (bicyclic) bond motifs is 1. The molecule has 72 valence electrons. The lowest BCUT2D eigenvalue weighted by Crippen LogP contribution is -2.08. The minimum atomic E-state index is -0.917. The molecule has 0 aliphatic carbocycles. The maximum Gasteiger partial charge on any atom is 0.323 e. The van der Waals surface area contributed by atoms with E-state index < -0.39 is 5.97 Å². The highest BCUT2D eigenvalue weighted by Crippen LogP contribution is 2.12. The number of anilines is 1. The Labute approximate surface area is 79.0 Å². The van der Waals surface area contributed by atoms with E-state index in [4.69, 9.17) is 10.8 Å². The fourth-order valence-electron chi connectivity index (χ4n) is 1.26. The minimum absolute atomic E-state index is 0.125. The third-order valence-electron chi connectivity index (χ3n) is 1.83. The molecular formula is C8H8N4O2. The average Bonchev–Trinajstić information content (AvgIpc) is 2.47. The molecule has 3 N–H and O–H groups in total. The topological polar surface area (TPSA) is 94.0 Å². The fourth-order valence-corrected chi connectivity index (χ4v) is 1.26. The van der Waals surface area contributed by atoms with Crippen LogP contribution >= 0.6 is 0 Å². The van der Waals surface area contributed by atoms with Gasteiger partial charge in [0, 0.05) is 17.8 Å². The molecule has 0 saturated carbocycles. The first-order chi connectivity index (χ1) is 6.66. The summed E-state index contributed by atoms with van der Waals surface area (Å²) in [5, 5.41) is 9.40. The van der Waals surface area contributed by atoms with Crippen molar-refractivity contribution in [1.82, 2.24) is 14.5 Å². The van der Waals surface area contributed by atoms with Crippen LogP contribution in [0.3, 0.4) is 0 Å². The number of carboxylic acids is 1. The van der Waals surface area contributed by atoms with E-state index in [0.717, 1.165) is 5.39 Å². The molecular weight excluding hydrogens is 184 g/mol. The van der Waals surface area contributed by atoms with Gasteiger partial charge in [-0.3, -0.25) is 4.79 Å². The number of carbonyl (C=O) groups is 1. The van der Waals surface area contributed by atoms with Gasteiger partial charge < -0.3 is 15.4 Å². The van der Waals surface area contributed by atoms with Gasteiger partial charge in [0.2, 0.25) is 5.95 Å². The lowest BCUT2D eigenvalue weighted by Gasteiger charge is -1.99. The van der Waals surface area contributed by atoms with Crippen molar-refractivity contribution in [3.8, 4) is 0 Å². The summed E-state index contributed by atoms with van der Waals surface area (Å²) in [6.45, 7) is -0.125. The molecule has 0 aliphatic heterocycles. The third kappa shape index (κ3) is 1.37. The number of aromatic nitrogens is 3. The molecule has 0 atom stereocenters. The zero-order valence-corrected chi connectivity index (χ0v) is 7.21. The number of hydrogen-bond donors (Lipinski definition) is 2. The molecule has 6 nitrogen and oxygen atoms in total. The number of nitrogens with two attached hydrogens (primary N) is 1. The molecule has 0 radical (unpaired) electrons. The van der Waals surface area contributed by atoms with Gasteiger partial charge in [-0.1, -0.05) is 0 Å². The molecule has 2 aromatic heterocycles. The highest BCUT2D eigenvalue weighted by Gasteiger charge is 2.06. The summed E-state index contributed by atoms with van der Waals surface area (Å²) in [4.78, 5) is 18.3. The van der Waals surface area contributed by atoms with Gasteiger partial charge in [-0.05, 0) is 6.07 Å². The van der Waals surface area contributed by atoms with Crippen molar-refractivity contribution in [3.05, 3.63) is 18.5 Å². The van der Waals surface area contributed by atoms with Crippen molar-refractivity contribution >= 4 is 23.0 Å². The zero-order chi connectivity index (χ0) is 10.1. The van der Waals surface area contributed by atoms with Gasteiger partial charge in [0.05, 0.1) is 0 Å². The van der Waals surface area contributed by atoms with Gasteiger partial charge in [-0.2, -0.15) is 4.98 Å². The Kier molecular flexibility index (Phi) is 1.81. The van der Waals surface area contributed by atoms with E-state index in [9.17, 15) is 4.79 Å². The molecule has 0 aliphatic rings. The highest BCUT2D eigenvalue weighted by molar-refractivity contribution is 5.78. The van der Waals surface area contributed by atoms with Crippen LogP contribution in [0.15, 0.2) is 18.5 Å². The number of carboxylic acid groups (broad SMARTS) is 1. The lowest BCUT2D eigenvalue weighted by molar-refractivity contribution is -0.137. The predicted molar refractivity (Wildman–Crippen MR) is 49.6 cm³/mol. The molecule has 2 rings (SSSR count). The normalized spacial score (nSPS) is 10.6. The van der Waals surface area contributed by atoms with Gasteiger partial charge in [0.25, 0.3) is 0 Å². The molecule has 2 heterocycles. The summed E-state index contributed by atoms with van der Waals surface area (Å²) in [6, 6.07) is 1.75. The van der Waals surface area contributed by atoms with Crippen LogP contribution in [-0.2, 0) is 11.3 Å². The van der Waals surface area contributed by atoms with Gasteiger partial charge in [-0.15, -0.1) is 0 Å². The second kappa shape index (κ2) is 2.99. The van der Waals surface area contributed by atoms with Crippen molar-refractivity contribution in [2.24, 2.45) is 0 Å². The zero-order valence-electron chi connectivity index (χ0n) is 7.21. The molecule has 14 heavy (non-hydrogen) atoms. The lowest BCUT2D eigenvalue weighted by atomic mass is 10.4. The number of aliphatic carboxylic acids is 1. The quantitative estimate of drug-likeness (QED) is 0.703. The van der Waals surface area contributed by atoms with E-state index in [-0.39, 0.29) is 12.5 Å². The molecule has 0 fully saturated rings. The molecule has 0 spiro atoms. The molecule has 0 aromatic carbocycles. The van der Waals surface area contributed by atoms with Crippen LogP contribution in [0, 0.1) is 0 Å². The van der Waals surface area contributed by atoms with Crippen molar-refractivity contribution in [1.29, 1.82) is 0 Å². The summed E-state index contributed by atoms with van der Waals surface area (Å²) in [5.41, 5.74) is 5.94. The molecule has 0 unspecified atom stereocenters. The summed E-state index contributed by atoms with van der Waals surface area (Å²) in [6.07, 6.45) is 3.21. The number of nitrogen functional groups attached to an aromatic ring is 1. The summed E-state index contributed by atoms with van der Waals surface area (Å²) < 4.78 is 1.51. The highest BCUT2D eigenvalue weighted by atomic mass is 16.4. The van der Waals surface area contributed by atoms with Crippen LogP contribution < -0.4 is 5.73 Å². The van der Waals surface area contributed by atoms with Crippen molar-refractivity contribution < 1.29 is 9.90 Å². The monoisotopic (exact) mass is 192 g/mol. The summed E-state index contributed by atoms with van der Waals surface area (Å²) in [7, 11) is 0. The van der Waals surface area contributed by atoms with Gasteiger partial charge in [-0.25, -0.2) is 4.98 Å². The molecule has 0 saturated heterocycles. The predicted octanol–water partition coefficient (Wildman–Crippen LogP) is 0.0981. The SMILES string of the molecule is Nc1ncc2ccn(CC(=O)O)c2n1. The minimum Gasteiger partial charge on any atom is -0.480 e. The van der Waals surface area contributed by atoms with E-state index in [1.54, 1.807) is 18.5 Å². The largest absolute Gasteiger partial charge is 0.480 e. The van der Waals surface area contributed by atoms with Crippen LogP contribution in [0.4, 0.5) is 5.95 Å². The van der Waals surface area contributed by atoms with Gasteiger partial charge in [0.1, 0.15) is 12.2 Å². The first-order valence-electron chi connectivity index (χ1n) is 3.96. The van der Waals surface area contributed by atoms with E-state index in [1.807, 2.05) is 0 Å². The first-order valence-corrected chi connectivity index (χ1v) is 3.96. The standard InChI is InChI=1S/C8H8N4O2/c9-8-10-3-5-1-2-12(4-6(13)14)7(5)11-8/h1-3H,4H2,(H,13,14)(H2,9,10,11). The van der Waals surface area contributed by atoms with Gasteiger partial charge >= 0.3 is 5.97 Å². The maximum atomic E-state index is 10.5. The van der Waals surface area contributed by atoms with Crippen molar-refractivity contribution in [2.75, 3.05) is 5.73 Å². The molecule has 2 aromatic rings. The van der Waals surface area contributed by atoms with E-state index in [0.29, 0.717) is 5.65 Å². The van der Waals surface area contributed by atoms with E-state index in [1.165, 1.54) is 4.57 Å². The van der Waals surface area contributed by atoms with E-state index in [2.05, 4.69) is 9.97 Å². The fraction of sp³-hybridized carbons (Fsp3) is 0.125. The molecule has 0 amide bonds. The maximum absolute atomic E-state index is 10.5. The summed E-state index contributed by atoms with van der Waals surface area (Å²) in [5.74, 6) is -0.775. The smallest absolute Gasteiger partial charge is 0.323 e. The number of hydrogen-bond acceptors (Lipinski definition) is 4. The van der Waals surface area contributed by atoms with Crippen LogP contribution in [0.1, 0.15) is 0 Å². The Morgan fingerprint density at radius 3 is 3.14 bits per heavy atom. The van der Waals surface area contributed by atoms with Crippen LogP contribution in [0.25, 0.3) is 11.0 Å². The average molecular weight is 192 g/mol. The Balaban J connectivity index is 2.55. The second-order valence-corrected chi connectivity index (χ2v) is 2.84. The Bertz CT molecular complexity index is 491. The second-order valence-electron chi connectivity index (χ2n) is 2.84. The Morgan fingerprint density at radius 1 is 1.64 bits per heavy atom. The van der Waals surface area contributed by atoms with Crippen LogP contribution in [0.2, 0.25) is 0 Å². The summed E-state index contributed by atoms with van der Waals surface area (Å²) >= 11 is 0. The number of rotatable bonds is 2. The van der Waals surface area contributed by atoms with Crippen LogP contribution in [-0.4, -0.2) is 25.6 Å².